The summed E-state index contributed by atoms with van der Waals surface area (Å²) in [6.07, 6.45) is 6.54. The fraction of sp³-hybridized carbons (Fsp3) is 0.143. The molecule has 192 valence electrons. The number of nitrogens with one attached hydrogen (secondary N) is 1. The molecule has 0 spiro atoms. The van der Waals surface area contributed by atoms with Crippen molar-refractivity contribution in [3.63, 3.8) is 0 Å². The minimum atomic E-state index is -0.224. The van der Waals surface area contributed by atoms with Crippen LogP contribution in [0.5, 0.6) is 23.0 Å². The second kappa shape index (κ2) is 12.5. The summed E-state index contributed by atoms with van der Waals surface area (Å²) < 4.78 is 16.0. The average Bonchev–Trinajstić information content (AvgIpc) is 3.46. The van der Waals surface area contributed by atoms with Gasteiger partial charge in [0.1, 0.15) is 11.5 Å². The summed E-state index contributed by atoms with van der Waals surface area (Å²) in [5, 5.41) is 9.84. The van der Waals surface area contributed by atoms with Gasteiger partial charge in [0, 0.05) is 17.8 Å². The second-order valence-electron chi connectivity index (χ2n) is 7.92. The molecule has 0 saturated carbocycles. The molecule has 4 rings (SSSR count). The predicted molar refractivity (Wildman–Crippen MR) is 146 cm³/mol. The summed E-state index contributed by atoms with van der Waals surface area (Å²) in [5.41, 5.74) is 4.13. The van der Waals surface area contributed by atoms with Gasteiger partial charge >= 0.3 is 0 Å². The number of phenolic OH excluding ortho intramolecular Hbond substituents is 1. The predicted octanol–water partition coefficient (Wildman–Crippen LogP) is 5.48. The van der Waals surface area contributed by atoms with Crippen molar-refractivity contribution in [1.82, 2.24) is 9.97 Å². The van der Waals surface area contributed by atoms with E-state index < -0.39 is 0 Å². The Labute approximate surface area is 221 Å². The Morgan fingerprint density at radius 2 is 1.68 bits per heavy atom. The van der Waals surface area contributed by atoms with Gasteiger partial charge in [-0.2, -0.15) is 0 Å². The van der Waals surface area contributed by atoms with Gasteiger partial charge in [0.25, 0.3) is 5.91 Å². The molecule has 1 aromatic heterocycles. The normalized spacial score (nSPS) is 10.6. The van der Waals surface area contributed by atoms with Crippen LogP contribution in [0.2, 0.25) is 0 Å². The third-order valence-corrected chi connectivity index (χ3v) is 5.63. The topological polar surface area (TPSA) is 96.9 Å². The van der Waals surface area contributed by atoms with Gasteiger partial charge in [-0.1, -0.05) is 18.2 Å². The van der Waals surface area contributed by atoms with Gasteiger partial charge in [-0.15, -0.1) is 12.4 Å². The molecule has 1 heterocycles. The van der Waals surface area contributed by atoms with Crippen LogP contribution in [0.4, 0.5) is 5.69 Å². The molecule has 0 aliphatic heterocycles. The number of rotatable bonds is 9. The van der Waals surface area contributed by atoms with E-state index in [1.54, 1.807) is 55.9 Å². The standard InChI is InChI=1S/C28H27N3O5.ClH/c1-34-23-12-20(13-24(15-23)35-2)17-31(22-8-6-21(7-9-22)25-16-29-18-30-25)28(33)11-5-19-4-10-26(32)27(14-19)36-3;/h4-16,18,32H,17H2,1-3H3,(H,29,30);1H/b11-5+;. The van der Waals surface area contributed by atoms with Crippen molar-refractivity contribution in [1.29, 1.82) is 0 Å². The maximum atomic E-state index is 13.4. The monoisotopic (exact) mass is 521 g/mol. The number of anilines is 1. The van der Waals surface area contributed by atoms with Crippen molar-refractivity contribution < 1.29 is 24.1 Å². The lowest BCUT2D eigenvalue weighted by atomic mass is 10.1. The van der Waals surface area contributed by atoms with E-state index in [0.29, 0.717) is 23.8 Å². The van der Waals surface area contributed by atoms with Crippen LogP contribution in [0.1, 0.15) is 11.1 Å². The van der Waals surface area contributed by atoms with Crippen molar-refractivity contribution in [2.75, 3.05) is 26.2 Å². The first kappa shape index (κ1) is 27.2. The number of nitrogens with zero attached hydrogens (tertiary/aromatic N) is 2. The maximum absolute atomic E-state index is 13.4. The molecular weight excluding hydrogens is 494 g/mol. The Bertz CT molecular complexity index is 1330. The molecule has 3 aromatic carbocycles. The first-order valence-corrected chi connectivity index (χ1v) is 11.2. The highest BCUT2D eigenvalue weighted by molar-refractivity contribution is 6.04. The first-order chi connectivity index (χ1) is 17.5. The molecule has 1 amide bonds. The number of aromatic hydroxyl groups is 1. The van der Waals surface area contributed by atoms with Crippen LogP contribution in [-0.4, -0.2) is 42.3 Å². The molecule has 0 saturated heterocycles. The summed E-state index contributed by atoms with van der Waals surface area (Å²) in [4.78, 5) is 22.3. The van der Waals surface area contributed by atoms with Crippen molar-refractivity contribution in [2.45, 2.75) is 6.54 Å². The number of imidazole rings is 1. The highest BCUT2D eigenvalue weighted by Gasteiger charge is 2.16. The van der Waals surface area contributed by atoms with E-state index in [0.717, 1.165) is 28.1 Å². The Morgan fingerprint density at radius 3 is 2.27 bits per heavy atom. The van der Waals surface area contributed by atoms with Crippen LogP contribution in [-0.2, 0) is 11.3 Å². The fourth-order valence-corrected chi connectivity index (χ4v) is 3.73. The number of carbonyl (C=O) groups is 1. The van der Waals surface area contributed by atoms with E-state index >= 15 is 0 Å². The molecule has 0 atom stereocenters. The molecule has 0 radical (unpaired) electrons. The number of benzene rings is 3. The Balaban J connectivity index is 0.00000380. The number of H-pyrrole nitrogens is 1. The number of aromatic amines is 1. The maximum Gasteiger partial charge on any atom is 0.251 e. The van der Waals surface area contributed by atoms with Crippen LogP contribution in [0.15, 0.2) is 79.3 Å². The van der Waals surface area contributed by atoms with Crippen LogP contribution in [0.25, 0.3) is 17.3 Å². The average molecular weight is 522 g/mol. The van der Waals surface area contributed by atoms with Crippen molar-refractivity contribution in [3.8, 4) is 34.3 Å². The molecule has 0 bridgehead atoms. The van der Waals surface area contributed by atoms with Gasteiger partial charge in [-0.05, 0) is 59.2 Å². The summed E-state index contributed by atoms with van der Waals surface area (Å²) in [6.45, 7) is 0.291. The lowest BCUT2D eigenvalue weighted by Gasteiger charge is -2.22. The zero-order valence-corrected chi connectivity index (χ0v) is 21.5. The molecule has 9 heteroatoms. The van der Waals surface area contributed by atoms with Gasteiger partial charge in [-0.3, -0.25) is 4.79 Å². The molecule has 37 heavy (non-hydrogen) atoms. The van der Waals surface area contributed by atoms with Crippen LogP contribution in [0.3, 0.4) is 0 Å². The zero-order chi connectivity index (χ0) is 25.5. The van der Waals surface area contributed by atoms with Crippen molar-refractivity contribution >= 4 is 30.1 Å². The quantitative estimate of drug-likeness (QED) is 0.283. The SMILES string of the molecule is COc1cc(CN(C(=O)/C=C/c2ccc(O)c(OC)c2)c2ccc(-c3cnc[nH]3)cc2)cc(OC)c1.Cl. The Hall–Kier alpha value is -4.43. The minimum absolute atomic E-state index is 0. The van der Waals surface area contributed by atoms with Gasteiger partial charge in [-0.25, -0.2) is 4.98 Å². The number of aromatic nitrogens is 2. The number of methoxy groups -OCH3 is 3. The molecular formula is C28H28ClN3O5. The smallest absolute Gasteiger partial charge is 0.251 e. The fourth-order valence-electron chi connectivity index (χ4n) is 3.73. The van der Waals surface area contributed by atoms with Crippen LogP contribution < -0.4 is 19.1 Å². The van der Waals surface area contributed by atoms with E-state index in [-0.39, 0.29) is 24.1 Å². The molecule has 0 unspecified atom stereocenters. The van der Waals surface area contributed by atoms with E-state index in [1.807, 2.05) is 36.4 Å². The first-order valence-electron chi connectivity index (χ1n) is 11.2. The van der Waals surface area contributed by atoms with E-state index in [9.17, 15) is 9.90 Å². The molecule has 0 fully saturated rings. The number of amides is 1. The number of phenols is 1. The van der Waals surface area contributed by atoms with E-state index in [1.165, 1.54) is 19.3 Å². The highest BCUT2D eigenvalue weighted by Crippen LogP contribution is 2.29. The van der Waals surface area contributed by atoms with Gasteiger partial charge < -0.3 is 29.2 Å². The Morgan fingerprint density at radius 1 is 0.973 bits per heavy atom. The number of carbonyl (C=O) groups excluding carboxylic acids is 1. The lowest BCUT2D eigenvalue weighted by Crippen LogP contribution is -2.28. The highest BCUT2D eigenvalue weighted by atomic mass is 35.5. The third kappa shape index (κ3) is 6.62. The summed E-state index contributed by atoms with van der Waals surface area (Å²) in [6, 6.07) is 18.1. The Kier molecular flexibility index (Phi) is 9.18. The summed E-state index contributed by atoms with van der Waals surface area (Å²) >= 11 is 0. The van der Waals surface area contributed by atoms with Crippen molar-refractivity contribution in [3.05, 3.63) is 90.4 Å². The van der Waals surface area contributed by atoms with Crippen LogP contribution in [0, 0.1) is 0 Å². The molecule has 2 N–H and O–H groups in total. The number of halogens is 1. The summed E-state index contributed by atoms with van der Waals surface area (Å²) in [5.74, 6) is 1.42. The number of hydrogen-bond acceptors (Lipinski definition) is 6. The summed E-state index contributed by atoms with van der Waals surface area (Å²) in [7, 11) is 4.65. The molecule has 8 nitrogen and oxygen atoms in total. The molecule has 0 aliphatic rings. The third-order valence-electron chi connectivity index (χ3n) is 5.63. The second-order valence-corrected chi connectivity index (χ2v) is 7.92. The largest absolute Gasteiger partial charge is 0.504 e. The van der Waals surface area contributed by atoms with Gasteiger partial charge in [0.2, 0.25) is 0 Å². The van der Waals surface area contributed by atoms with E-state index in [4.69, 9.17) is 14.2 Å². The molecule has 4 aromatic rings. The van der Waals surface area contributed by atoms with E-state index in [2.05, 4.69) is 9.97 Å². The van der Waals surface area contributed by atoms with Gasteiger partial charge in [0.05, 0.1) is 46.1 Å². The minimum Gasteiger partial charge on any atom is -0.504 e. The zero-order valence-electron chi connectivity index (χ0n) is 20.7. The lowest BCUT2D eigenvalue weighted by molar-refractivity contribution is -0.114. The van der Waals surface area contributed by atoms with Gasteiger partial charge in [0.15, 0.2) is 11.5 Å². The number of hydrogen-bond donors (Lipinski definition) is 2. The van der Waals surface area contributed by atoms with Crippen LogP contribution >= 0.6 is 12.4 Å². The van der Waals surface area contributed by atoms with Crippen molar-refractivity contribution in [2.24, 2.45) is 0 Å². The number of ether oxygens (including phenoxy) is 3. The molecule has 0 aliphatic carbocycles.